The highest BCUT2D eigenvalue weighted by molar-refractivity contribution is 7.80. The molecule has 0 spiro atoms. The summed E-state index contributed by atoms with van der Waals surface area (Å²) in [7, 11) is 0. The Morgan fingerprint density at radius 1 is 1.30 bits per heavy atom. The van der Waals surface area contributed by atoms with Crippen LogP contribution >= 0.6 is 12.2 Å². The number of hydrogen-bond acceptors (Lipinski definition) is 2. The molecular weight excluding hydrogens is 268 g/mol. The molecule has 2 unspecified atom stereocenters. The van der Waals surface area contributed by atoms with Crippen molar-refractivity contribution in [3.63, 3.8) is 0 Å². The van der Waals surface area contributed by atoms with Crippen LogP contribution in [0.5, 0.6) is 0 Å². The van der Waals surface area contributed by atoms with Gasteiger partial charge in [0.2, 0.25) is 5.91 Å². The van der Waals surface area contributed by atoms with Crippen LogP contribution in [0.1, 0.15) is 66.2 Å². The Morgan fingerprint density at radius 2 is 1.85 bits per heavy atom. The highest BCUT2D eigenvalue weighted by Crippen LogP contribution is 2.35. The molecule has 1 fully saturated rings. The lowest BCUT2D eigenvalue weighted by atomic mass is 9.76. The topological polar surface area (TPSA) is 46.3 Å². The van der Waals surface area contributed by atoms with Crippen LogP contribution in [0.25, 0.3) is 0 Å². The first-order valence-corrected chi connectivity index (χ1v) is 8.40. The number of hydrogen-bond donors (Lipinski definition) is 1. The summed E-state index contributed by atoms with van der Waals surface area (Å²) >= 11 is 5.30. The molecular formula is C16H30N2OS. The monoisotopic (exact) mass is 298 g/mol. The smallest absolute Gasteiger partial charge is 0.235 e. The molecule has 1 rings (SSSR count). The maximum Gasteiger partial charge on any atom is 0.235 e. The van der Waals surface area contributed by atoms with Gasteiger partial charge in [-0.3, -0.25) is 4.79 Å². The summed E-state index contributed by atoms with van der Waals surface area (Å²) in [6.45, 7) is 9.45. The fraction of sp³-hybridized carbons (Fsp3) is 0.875. The quantitative estimate of drug-likeness (QED) is 0.763. The molecule has 1 heterocycles. The van der Waals surface area contributed by atoms with Gasteiger partial charge in [-0.25, -0.2) is 0 Å². The van der Waals surface area contributed by atoms with Gasteiger partial charge in [0, 0.05) is 12.6 Å². The molecule has 3 nitrogen and oxygen atoms in total. The summed E-state index contributed by atoms with van der Waals surface area (Å²) in [4.78, 5) is 15.5. The zero-order chi connectivity index (χ0) is 15.3. The predicted octanol–water partition coefficient (Wildman–Crippen LogP) is 3.51. The number of rotatable bonds is 6. The van der Waals surface area contributed by atoms with Crippen LogP contribution in [0.15, 0.2) is 0 Å². The Kier molecular flexibility index (Phi) is 6.44. The minimum atomic E-state index is -0.617. The van der Waals surface area contributed by atoms with Gasteiger partial charge in [-0.2, -0.15) is 0 Å². The first-order chi connectivity index (χ1) is 9.39. The third-order valence-corrected chi connectivity index (χ3v) is 5.02. The minimum absolute atomic E-state index is 0.174. The molecule has 116 valence electrons. The Morgan fingerprint density at radius 3 is 2.25 bits per heavy atom. The number of carbonyl (C=O) groups excluding carboxylic acids is 1. The highest BCUT2D eigenvalue weighted by atomic mass is 32.1. The van der Waals surface area contributed by atoms with Gasteiger partial charge in [0.25, 0.3) is 0 Å². The van der Waals surface area contributed by atoms with Crippen LogP contribution in [-0.4, -0.2) is 28.4 Å². The third-order valence-electron chi connectivity index (χ3n) is 4.63. The standard InChI is InChI=1S/C16H30N2OS/c1-5-8-16(9-6-2,14(17)20)15(19)18-10-7-12(3)11-13(18)4/h12-13H,5-11H2,1-4H3,(H2,17,20). The predicted molar refractivity (Wildman–Crippen MR) is 88.6 cm³/mol. The molecule has 0 aromatic rings. The number of likely N-dealkylation sites (tertiary alicyclic amines) is 1. The summed E-state index contributed by atoms with van der Waals surface area (Å²) in [5, 5.41) is 0. The van der Waals surface area contributed by atoms with Crippen LogP contribution in [0.4, 0.5) is 0 Å². The fourth-order valence-corrected chi connectivity index (χ4v) is 3.82. The highest BCUT2D eigenvalue weighted by Gasteiger charge is 2.44. The number of piperidine rings is 1. The molecule has 1 aliphatic heterocycles. The van der Waals surface area contributed by atoms with E-state index < -0.39 is 5.41 Å². The van der Waals surface area contributed by atoms with E-state index in [2.05, 4.69) is 27.7 Å². The molecule has 0 saturated carbocycles. The van der Waals surface area contributed by atoms with Crippen molar-refractivity contribution < 1.29 is 4.79 Å². The minimum Gasteiger partial charge on any atom is -0.392 e. The molecule has 0 bridgehead atoms. The van der Waals surface area contributed by atoms with Crippen molar-refractivity contribution in [3.8, 4) is 0 Å². The first kappa shape index (κ1) is 17.4. The molecule has 2 atom stereocenters. The van der Waals surface area contributed by atoms with Gasteiger partial charge in [-0.1, -0.05) is 45.8 Å². The van der Waals surface area contributed by atoms with Gasteiger partial charge in [-0.15, -0.1) is 0 Å². The fourth-order valence-electron chi connectivity index (χ4n) is 3.53. The third kappa shape index (κ3) is 3.51. The lowest BCUT2D eigenvalue weighted by molar-refractivity contribution is -0.143. The van der Waals surface area contributed by atoms with Crippen molar-refractivity contribution in [3.05, 3.63) is 0 Å². The summed E-state index contributed by atoms with van der Waals surface area (Å²) < 4.78 is 0. The largest absolute Gasteiger partial charge is 0.392 e. The van der Waals surface area contributed by atoms with Gasteiger partial charge < -0.3 is 10.6 Å². The molecule has 1 amide bonds. The van der Waals surface area contributed by atoms with Gasteiger partial charge in [0.15, 0.2) is 0 Å². The Hall–Kier alpha value is -0.640. The zero-order valence-electron chi connectivity index (χ0n) is 13.4. The maximum atomic E-state index is 13.1. The number of amides is 1. The summed E-state index contributed by atoms with van der Waals surface area (Å²) in [6, 6.07) is 0.300. The molecule has 0 radical (unpaired) electrons. The van der Waals surface area contributed by atoms with E-state index in [9.17, 15) is 4.79 Å². The average molecular weight is 298 g/mol. The second-order valence-corrected chi connectivity index (χ2v) is 6.86. The second kappa shape index (κ2) is 7.39. The molecule has 1 saturated heterocycles. The Labute approximate surface area is 129 Å². The van der Waals surface area contributed by atoms with Gasteiger partial charge >= 0.3 is 0 Å². The molecule has 1 aliphatic rings. The van der Waals surface area contributed by atoms with Crippen molar-refractivity contribution in [2.75, 3.05) is 6.54 Å². The van der Waals surface area contributed by atoms with E-state index in [4.69, 9.17) is 18.0 Å². The Balaban J connectivity index is 3.00. The van der Waals surface area contributed by atoms with Gasteiger partial charge in [-0.05, 0) is 38.5 Å². The molecule has 0 aromatic carbocycles. The normalized spacial score (nSPS) is 23.7. The van der Waals surface area contributed by atoms with Crippen LogP contribution in [0.3, 0.4) is 0 Å². The summed E-state index contributed by atoms with van der Waals surface area (Å²) in [6.07, 6.45) is 5.57. The first-order valence-electron chi connectivity index (χ1n) is 8.00. The van der Waals surface area contributed by atoms with E-state index in [0.717, 1.165) is 45.1 Å². The van der Waals surface area contributed by atoms with Gasteiger partial charge in [0.1, 0.15) is 0 Å². The summed E-state index contributed by atoms with van der Waals surface area (Å²) in [5.74, 6) is 0.874. The summed E-state index contributed by atoms with van der Waals surface area (Å²) in [5.41, 5.74) is 5.39. The van der Waals surface area contributed by atoms with Gasteiger partial charge in [0.05, 0.1) is 10.4 Å². The lowest BCUT2D eigenvalue weighted by Gasteiger charge is -2.43. The molecule has 0 aromatic heterocycles. The molecule has 20 heavy (non-hydrogen) atoms. The van der Waals surface area contributed by atoms with Crippen molar-refractivity contribution in [2.24, 2.45) is 17.1 Å². The number of thiocarbonyl (C=S) groups is 1. The number of nitrogens with zero attached hydrogens (tertiary/aromatic N) is 1. The second-order valence-electron chi connectivity index (χ2n) is 6.42. The van der Waals surface area contributed by atoms with E-state index in [-0.39, 0.29) is 5.91 Å². The Bertz CT molecular complexity index is 350. The van der Waals surface area contributed by atoms with Crippen LogP contribution < -0.4 is 5.73 Å². The van der Waals surface area contributed by atoms with E-state index in [0.29, 0.717) is 16.9 Å². The maximum absolute atomic E-state index is 13.1. The van der Waals surface area contributed by atoms with E-state index in [1.165, 1.54) is 0 Å². The SMILES string of the molecule is CCCC(CCC)(C(=O)N1CCC(C)CC1C)C(N)=S. The van der Waals surface area contributed by atoms with Crippen LogP contribution in [0, 0.1) is 11.3 Å². The van der Waals surface area contributed by atoms with E-state index in [1.807, 2.05) is 4.90 Å². The van der Waals surface area contributed by atoms with Crippen LogP contribution in [-0.2, 0) is 4.79 Å². The van der Waals surface area contributed by atoms with Crippen molar-refractivity contribution in [1.29, 1.82) is 0 Å². The van der Waals surface area contributed by atoms with E-state index in [1.54, 1.807) is 0 Å². The molecule has 4 heteroatoms. The van der Waals surface area contributed by atoms with Crippen molar-refractivity contribution in [1.82, 2.24) is 4.90 Å². The number of carbonyl (C=O) groups is 1. The van der Waals surface area contributed by atoms with Crippen molar-refractivity contribution in [2.45, 2.75) is 72.3 Å². The average Bonchev–Trinajstić information content (AvgIpc) is 2.37. The van der Waals surface area contributed by atoms with E-state index >= 15 is 0 Å². The molecule has 0 aliphatic carbocycles. The van der Waals surface area contributed by atoms with Crippen molar-refractivity contribution >= 4 is 23.1 Å². The number of nitrogens with two attached hydrogens (primary N) is 1. The lowest BCUT2D eigenvalue weighted by Crippen LogP contribution is -2.55. The zero-order valence-corrected chi connectivity index (χ0v) is 14.3. The van der Waals surface area contributed by atoms with Crippen LogP contribution in [0.2, 0.25) is 0 Å². The molecule has 2 N–H and O–H groups in total.